The summed E-state index contributed by atoms with van der Waals surface area (Å²) in [7, 11) is 0. The van der Waals surface area contributed by atoms with Crippen LogP contribution in [-0.2, 0) is 22.1 Å². The second kappa shape index (κ2) is 11.3. The summed E-state index contributed by atoms with van der Waals surface area (Å²) in [6, 6.07) is 11.2. The normalized spacial score (nSPS) is 15.3. The van der Waals surface area contributed by atoms with E-state index in [1.165, 1.54) is 23.5 Å². The Morgan fingerprint density at radius 2 is 1.97 bits per heavy atom. The number of fused-ring (bicyclic) bond motifs is 1. The first kappa shape index (κ1) is 25.2. The quantitative estimate of drug-likeness (QED) is 0.400. The van der Waals surface area contributed by atoms with Crippen LogP contribution in [0.1, 0.15) is 24.5 Å². The molecule has 4 rings (SSSR count). The molecule has 3 aromatic rings. The van der Waals surface area contributed by atoms with Crippen LogP contribution in [-0.4, -0.2) is 61.8 Å². The molecule has 0 bridgehead atoms. The predicted molar refractivity (Wildman–Crippen MR) is 130 cm³/mol. The number of alkyl halides is 3. The third-order valence-electron chi connectivity index (χ3n) is 5.79. The number of hydrogen-bond acceptors (Lipinski definition) is 7. The maximum absolute atomic E-state index is 13.0. The number of hydrogen-bond donors (Lipinski definition) is 0. The standard InChI is InChI=1S/C25H28F3N3O3S/c1-2-33-23(32)16-18-5-3-6-20(15-18)34-14-13-30-9-4-10-31(12-11-30)24-29-21-8-7-19(25(26,27)28)17-22(21)35-24/h3,5-8,15,17H,2,4,9-14,16H2,1H3. The zero-order valence-electron chi connectivity index (χ0n) is 19.5. The van der Waals surface area contributed by atoms with Gasteiger partial charge >= 0.3 is 12.1 Å². The molecule has 0 aliphatic carbocycles. The van der Waals surface area contributed by atoms with Crippen molar-refractivity contribution in [3.05, 3.63) is 53.6 Å². The summed E-state index contributed by atoms with van der Waals surface area (Å²) in [6.45, 7) is 6.70. The second-order valence-corrected chi connectivity index (χ2v) is 9.35. The van der Waals surface area contributed by atoms with Gasteiger partial charge in [-0.2, -0.15) is 13.2 Å². The summed E-state index contributed by atoms with van der Waals surface area (Å²) < 4.78 is 50.5. The number of esters is 1. The Hall–Kier alpha value is -2.85. The minimum Gasteiger partial charge on any atom is -0.492 e. The van der Waals surface area contributed by atoms with Crippen LogP contribution >= 0.6 is 11.3 Å². The number of halogens is 3. The number of carbonyl (C=O) groups is 1. The van der Waals surface area contributed by atoms with Crippen LogP contribution < -0.4 is 9.64 Å². The van der Waals surface area contributed by atoms with Gasteiger partial charge < -0.3 is 14.4 Å². The van der Waals surface area contributed by atoms with Crippen LogP contribution in [0, 0.1) is 0 Å². The van der Waals surface area contributed by atoms with E-state index in [9.17, 15) is 18.0 Å². The molecule has 0 atom stereocenters. The zero-order chi connectivity index (χ0) is 24.8. The number of nitrogens with zero attached hydrogens (tertiary/aromatic N) is 3. The fourth-order valence-electron chi connectivity index (χ4n) is 4.03. The molecular formula is C25H28F3N3O3S. The highest BCUT2D eigenvalue weighted by Gasteiger charge is 2.31. The molecule has 35 heavy (non-hydrogen) atoms. The molecule has 2 aromatic carbocycles. The van der Waals surface area contributed by atoms with Crippen molar-refractivity contribution in [3.8, 4) is 5.75 Å². The molecule has 6 nitrogen and oxygen atoms in total. The van der Waals surface area contributed by atoms with E-state index in [0.29, 0.717) is 23.4 Å². The first-order valence-electron chi connectivity index (χ1n) is 11.6. The monoisotopic (exact) mass is 507 g/mol. The van der Waals surface area contributed by atoms with E-state index in [1.54, 1.807) is 6.92 Å². The summed E-state index contributed by atoms with van der Waals surface area (Å²) in [5.41, 5.74) is 0.802. The van der Waals surface area contributed by atoms with E-state index in [1.807, 2.05) is 24.3 Å². The molecule has 1 aromatic heterocycles. The molecule has 0 amide bonds. The largest absolute Gasteiger partial charge is 0.492 e. The Morgan fingerprint density at radius 1 is 1.11 bits per heavy atom. The molecule has 1 fully saturated rings. The van der Waals surface area contributed by atoms with Gasteiger partial charge in [-0.15, -0.1) is 0 Å². The summed E-state index contributed by atoms with van der Waals surface area (Å²) >= 11 is 1.31. The summed E-state index contributed by atoms with van der Waals surface area (Å²) in [5, 5.41) is 0.760. The Morgan fingerprint density at radius 3 is 2.77 bits per heavy atom. The van der Waals surface area contributed by atoms with Gasteiger partial charge in [0.15, 0.2) is 5.13 Å². The lowest BCUT2D eigenvalue weighted by atomic mass is 10.1. The fraction of sp³-hybridized carbons (Fsp3) is 0.440. The first-order chi connectivity index (χ1) is 16.8. The smallest absolute Gasteiger partial charge is 0.416 e. The van der Waals surface area contributed by atoms with Crippen LogP contribution in [0.25, 0.3) is 10.2 Å². The van der Waals surface area contributed by atoms with E-state index in [4.69, 9.17) is 9.47 Å². The number of ether oxygens (including phenoxy) is 2. The number of rotatable bonds is 8. The highest BCUT2D eigenvalue weighted by molar-refractivity contribution is 7.22. The lowest BCUT2D eigenvalue weighted by Crippen LogP contribution is -2.33. The van der Waals surface area contributed by atoms with Crippen LogP contribution in [0.3, 0.4) is 0 Å². The van der Waals surface area contributed by atoms with Crippen molar-refractivity contribution in [1.82, 2.24) is 9.88 Å². The van der Waals surface area contributed by atoms with Gasteiger partial charge in [0, 0.05) is 32.7 Å². The second-order valence-electron chi connectivity index (χ2n) is 8.34. The highest BCUT2D eigenvalue weighted by atomic mass is 32.1. The first-order valence-corrected chi connectivity index (χ1v) is 12.5. The molecule has 1 aliphatic rings. The molecule has 1 aliphatic heterocycles. The Balaban J connectivity index is 1.28. The molecular weight excluding hydrogens is 479 g/mol. The van der Waals surface area contributed by atoms with Gasteiger partial charge in [0.1, 0.15) is 12.4 Å². The maximum Gasteiger partial charge on any atom is 0.416 e. The van der Waals surface area contributed by atoms with Crippen molar-refractivity contribution in [2.75, 3.05) is 50.8 Å². The van der Waals surface area contributed by atoms with Gasteiger partial charge in [-0.25, -0.2) is 4.98 Å². The summed E-state index contributed by atoms with van der Waals surface area (Å²) in [6.07, 6.45) is -3.21. The lowest BCUT2D eigenvalue weighted by molar-refractivity contribution is -0.142. The average molecular weight is 508 g/mol. The molecule has 1 saturated heterocycles. The van der Waals surface area contributed by atoms with Crippen LogP contribution in [0.5, 0.6) is 5.75 Å². The van der Waals surface area contributed by atoms with Crippen molar-refractivity contribution < 1.29 is 27.4 Å². The third kappa shape index (κ3) is 6.85. The minimum atomic E-state index is -4.36. The van der Waals surface area contributed by atoms with Crippen molar-refractivity contribution in [2.24, 2.45) is 0 Å². The van der Waals surface area contributed by atoms with Gasteiger partial charge in [-0.05, 0) is 49.2 Å². The Kier molecular flexibility index (Phi) is 8.12. The van der Waals surface area contributed by atoms with Gasteiger partial charge in [0.25, 0.3) is 0 Å². The number of thiazole rings is 1. The molecule has 0 spiro atoms. The molecule has 2 heterocycles. The summed E-state index contributed by atoms with van der Waals surface area (Å²) in [4.78, 5) is 20.7. The number of benzene rings is 2. The molecule has 10 heteroatoms. The molecule has 0 N–H and O–H groups in total. The van der Waals surface area contributed by atoms with Gasteiger partial charge in [0.2, 0.25) is 0 Å². The van der Waals surface area contributed by atoms with Crippen LogP contribution in [0.2, 0.25) is 0 Å². The zero-order valence-corrected chi connectivity index (χ0v) is 20.3. The van der Waals surface area contributed by atoms with Gasteiger partial charge in [-0.3, -0.25) is 9.69 Å². The number of anilines is 1. The number of carbonyl (C=O) groups excluding carboxylic acids is 1. The molecule has 0 saturated carbocycles. The van der Waals surface area contributed by atoms with Crippen LogP contribution in [0.15, 0.2) is 42.5 Å². The molecule has 188 valence electrons. The SMILES string of the molecule is CCOC(=O)Cc1cccc(OCCN2CCCN(c3nc4ccc(C(F)(F)F)cc4s3)CC2)c1. The lowest BCUT2D eigenvalue weighted by Gasteiger charge is -2.21. The van der Waals surface area contributed by atoms with E-state index < -0.39 is 11.7 Å². The number of aromatic nitrogens is 1. The topological polar surface area (TPSA) is 54.9 Å². The van der Waals surface area contributed by atoms with E-state index >= 15 is 0 Å². The summed E-state index contributed by atoms with van der Waals surface area (Å²) in [5.74, 6) is 0.462. The maximum atomic E-state index is 13.0. The molecule has 0 radical (unpaired) electrons. The van der Waals surface area contributed by atoms with Gasteiger partial charge in [0.05, 0.1) is 28.8 Å². The van der Waals surface area contributed by atoms with E-state index in [-0.39, 0.29) is 12.4 Å². The Bertz CT molecular complexity index is 1150. The highest BCUT2D eigenvalue weighted by Crippen LogP contribution is 2.35. The van der Waals surface area contributed by atoms with E-state index in [0.717, 1.165) is 61.7 Å². The Labute approximate surface area is 206 Å². The van der Waals surface area contributed by atoms with E-state index in [2.05, 4.69) is 14.8 Å². The molecule has 0 unspecified atom stereocenters. The van der Waals surface area contributed by atoms with Crippen LogP contribution in [0.4, 0.5) is 18.3 Å². The van der Waals surface area contributed by atoms with Crippen molar-refractivity contribution in [2.45, 2.75) is 25.9 Å². The van der Waals surface area contributed by atoms with Crippen molar-refractivity contribution in [1.29, 1.82) is 0 Å². The minimum absolute atomic E-state index is 0.219. The third-order valence-corrected chi connectivity index (χ3v) is 6.87. The van der Waals surface area contributed by atoms with Gasteiger partial charge in [-0.1, -0.05) is 23.5 Å². The average Bonchev–Trinajstić information content (AvgIpc) is 3.10. The van der Waals surface area contributed by atoms with Crippen molar-refractivity contribution >= 4 is 32.7 Å². The predicted octanol–water partition coefficient (Wildman–Crippen LogP) is 5.01. The van der Waals surface area contributed by atoms with Crippen molar-refractivity contribution in [3.63, 3.8) is 0 Å². The fourth-order valence-corrected chi connectivity index (χ4v) is 5.08.